The maximum absolute atomic E-state index is 11.7. The van der Waals surface area contributed by atoms with Crippen molar-refractivity contribution in [3.63, 3.8) is 0 Å². The lowest BCUT2D eigenvalue weighted by molar-refractivity contribution is -0.124. The van der Waals surface area contributed by atoms with Crippen molar-refractivity contribution in [2.24, 2.45) is 0 Å². The number of ether oxygens (including phenoxy) is 2. The molecule has 2 amide bonds. The first kappa shape index (κ1) is 16.3. The molecule has 6 nitrogen and oxygen atoms in total. The predicted octanol–water partition coefficient (Wildman–Crippen LogP) is 1.34. The third-order valence-corrected chi connectivity index (χ3v) is 3.42. The maximum atomic E-state index is 11.7. The fourth-order valence-electron chi connectivity index (χ4n) is 2.40. The Morgan fingerprint density at radius 1 is 1.36 bits per heavy atom. The third-order valence-electron chi connectivity index (χ3n) is 3.42. The van der Waals surface area contributed by atoms with Crippen LogP contribution in [0.2, 0.25) is 0 Å². The lowest BCUT2D eigenvalue weighted by Crippen LogP contribution is -2.38. The van der Waals surface area contributed by atoms with Gasteiger partial charge in [-0.1, -0.05) is 0 Å². The van der Waals surface area contributed by atoms with Gasteiger partial charge in [0.25, 0.3) is 5.91 Å². The molecule has 0 aromatic heterocycles. The first-order valence-electron chi connectivity index (χ1n) is 7.41. The van der Waals surface area contributed by atoms with E-state index in [-0.39, 0.29) is 24.5 Å². The van der Waals surface area contributed by atoms with Crippen LogP contribution in [0.5, 0.6) is 5.75 Å². The minimum atomic E-state index is -0.191. The highest BCUT2D eigenvalue weighted by Crippen LogP contribution is 2.23. The number of nitrogens with one attached hydrogen (secondary N) is 1. The number of carbonyl (C=O) groups is 2. The topological polar surface area (TPSA) is 67.9 Å². The summed E-state index contributed by atoms with van der Waals surface area (Å²) in [6.45, 7) is 3.04. The summed E-state index contributed by atoms with van der Waals surface area (Å²) in [4.78, 5) is 25.1. The van der Waals surface area contributed by atoms with Crippen LogP contribution in [0.1, 0.15) is 19.8 Å². The minimum absolute atomic E-state index is 0.0456. The number of hydrogen-bond acceptors (Lipinski definition) is 4. The zero-order valence-corrected chi connectivity index (χ0v) is 13.0. The Kier molecular flexibility index (Phi) is 5.77. The van der Waals surface area contributed by atoms with E-state index in [2.05, 4.69) is 5.32 Å². The Hall–Kier alpha value is -2.08. The molecule has 0 spiro atoms. The summed E-state index contributed by atoms with van der Waals surface area (Å²) in [5, 5.41) is 2.77. The highest BCUT2D eigenvalue weighted by atomic mass is 16.5. The van der Waals surface area contributed by atoms with Crippen molar-refractivity contribution in [1.29, 1.82) is 0 Å². The van der Waals surface area contributed by atoms with E-state index in [4.69, 9.17) is 9.47 Å². The van der Waals surface area contributed by atoms with Gasteiger partial charge in [0, 0.05) is 31.8 Å². The molecule has 1 saturated heterocycles. The number of carbonyl (C=O) groups excluding carboxylic acids is 2. The van der Waals surface area contributed by atoms with Gasteiger partial charge in [0.15, 0.2) is 6.61 Å². The molecule has 0 saturated carbocycles. The van der Waals surface area contributed by atoms with Gasteiger partial charge in [-0.05, 0) is 37.6 Å². The first-order valence-corrected chi connectivity index (χ1v) is 7.41. The molecular formula is C16H22N2O4. The zero-order chi connectivity index (χ0) is 15.9. The van der Waals surface area contributed by atoms with E-state index in [9.17, 15) is 9.59 Å². The number of amides is 2. The van der Waals surface area contributed by atoms with Crippen molar-refractivity contribution in [2.45, 2.75) is 25.8 Å². The molecular weight excluding hydrogens is 284 g/mol. The average molecular weight is 306 g/mol. The van der Waals surface area contributed by atoms with Gasteiger partial charge in [0.2, 0.25) is 5.91 Å². The van der Waals surface area contributed by atoms with Gasteiger partial charge in [-0.3, -0.25) is 9.59 Å². The molecule has 0 radical (unpaired) electrons. The molecule has 22 heavy (non-hydrogen) atoms. The second kappa shape index (κ2) is 7.79. The third kappa shape index (κ3) is 4.46. The van der Waals surface area contributed by atoms with Gasteiger partial charge < -0.3 is 19.7 Å². The van der Waals surface area contributed by atoms with Gasteiger partial charge in [-0.15, -0.1) is 0 Å². The lowest BCUT2D eigenvalue weighted by Gasteiger charge is -2.16. The molecule has 1 aromatic carbocycles. The number of benzene rings is 1. The van der Waals surface area contributed by atoms with E-state index in [0.717, 1.165) is 18.7 Å². The molecule has 1 N–H and O–H groups in total. The predicted molar refractivity (Wildman–Crippen MR) is 83.0 cm³/mol. The fraction of sp³-hybridized carbons (Fsp3) is 0.500. The normalized spacial score (nSPS) is 15.7. The van der Waals surface area contributed by atoms with Crippen LogP contribution in [0.15, 0.2) is 24.3 Å². The zero-order valence-electron chi connectivity index (χ0n) is 13.0. The van der Waals surface area contributed by atoms with Crippen molar-refractivity contribution in [3.8, 4) is 5.75 Å². The summed E-state index contributed by atoms with van der Waals surface area (Å²) in [7, 11) is 1.59. The summed E-state index contributed by atoms with van der Waals surface area (Å²) >= 11 is 0. The monoisotopic (exact) mass is 306 g/mol. The van der Waals surface area contributed by atoms with Crippen molar-refractivity contribution < 1.29 is 19.1 Å². The van der Waals surface area contributed by atoms with E-state index in [1.807, 2.05) is 19.1 Å². The Morgan fingerprint density at radius 3 is 2.68 bits per heavy atom. The summed E-state index contributed by atoms with van der Waals surface area (Å²) in [5.74, 6) is 0.563. The highest BCUT2D eigenvalue weighted by Gasteiger charge is 2.21. The average Bonchev–Trinajstić information content (AvgIpc) is 2.92. The van der Waals surface area contributed by atoms with Gasteiger partial charge in [-0.25, -0.2) is 0 Å². The molecule has 6 heteroatoms. The second-order valence-corrected chi connectivity index (χ2v) is 5.36. The second-order valence-electron chi connectivity index (χ2n) is 5.36. The molecule has 1 aliphatic heterocycles. The molecule has 1 atom stereocenters. The Bertz CT molecular complexity index is 515. The number of nitrogens with zero attached hydrogens (tertiary/aromatic N) is 1. The SMILES string of the molecule is COCC(C)NC(=O)COc1ccc(N2CCCC2=O)cc1. The maximum Gasteiger partial charge on any atom is 0.258 e. The minimum Gasteiger partial charge on any atom is -0.484 e. The summed E-state index contributed by atoms with van der Waals surface area (Å²) in [5.41, 5.74) is 0.869. The Labute approximate surface area is 130 Å². The van der Waals surface area contributed by atoms with Crippen LogP contribution >= 0.6 is 0 Å². The Balaban J connectivity index is 1.81. The van der Waals surface area contributed by atoms with E-state index >= 15 is 0 Å². The van der Waals surface area contributed by atoms with Crippen LogP contribution in [0.3, 0.4) is 0 Å². The molecule has 1 aliphatic rings. The quantitative estimate of drug-likeness (QED) is 0.825. The van der Waals surface area contributed by atoms with E-state index in [1.54, 1.807) is 24.1 Å². The van der Waals surface area contributed by atoms with Gasteiger partial charge >= 0.3 is 0 Å². The molecule has 1 heterocycles. The molecule has 0 bridgehead atoms. The highest BCUT2D eigenvalue weighted by molar-refractivity contribution is 5.95. The summed E-state index contributed by atoms with van der Waals surface area (Å²) < 4.78 is 10.4. The van der Waals surface area contributed by atoms with Gasteiger partial charge in [0.05, 0.1) is 6.61 Å². The van der Waals surface area contributed by atoms with Crippen LogP contribution in [-0.4, -0.2) is 44.7 Å². The van der Waals surface area contributed by atoms with Gasteiger partial charge in [0.1, 0.15) is 5.75 Å². The van der Waals surface area contributed by atoms with Crippen LogP contribution in [0.25, 0.3) is 0 Å². The smallest absolute Gasteiger partial charge is 0.258 e. The van der Waals surface area contributed by atoms with Gasteiger partial charge in [-0.2, -0.15) is 0 Å². The van der Waals surface area contributed by atoms with Crippen LogP contribution < -0.4 is 15.0 Å². The summed E-state index contributed by atoms with van der Waals surface area (Å²) in [6.07, 6.45) is 1.51. The molecule has 120 valence electrons. The number of anilines is 1. The number of methoxy groups -OCH3 is 1. The van der Waals surface area contributed by atoms with Crippen molar-refractivity contribution >= 4 is 17.5 Å². The molecule has 1 fully saturated rings. The standard InChI is InChI=1S/C16H22N2O4/c1-12(10-21-2)17-15(19)11-22-14-7-5-13(6-8-14)18-9-3-4-16(18)20/h5-8,12H,3-4,9-11H2,1-2H3,(H,17,19). The lowest BCUT2D eigenvalue weighted by atomic mass is 10.3. The van der Waals surface area contributed by atoms with E-state index in [0.29, 0.717) is 18.8 Å². The van der Waals surface area contributed by atoms with Crippen LogP contribution in [-0.2, 0) is 14.3 Å². The van der Waals surface area contributed by atoms with Crippen molar-refractivity contribution in [3.05, 3.63) is 24.3 Å². The summed E-state index contributed by atoms with van der Waals surface area (Å²) in [6, 6.07) is 7.16. The largest absolute Gasteiger partial charge is 0.484 e. The molecule has 0 aliphatic carbocycles. The first-order chi connectivity index (χ1) is 10.6. The fourth-order valence-corrected chi connectivity index (χ4v) is 2.40. The molecule has 1 aromatic rings. The number of hydrogen-bond donors (Lipinski definition) is 1. The molecule has 2 rings (SSSR count). The Morgan fingerprint density at radius 2 is 2.09 bits per heavy atom. The van der Waals surface area contributed by atoms with Crippen LogP contribution in [0.4, 0.5) is 5.69 Å². The number of rotatable bonds is 7. The van der Waals surface area contributed by atoms with Crippen molar-refractivity contribution in [1.82, 2.24) is 5.32 Å². The van der Waals surface area contributed by atoms with Crippen molar-refractivity contribution in [2.75, 3.05) is 31.8 Å². The van der Waals surface area contributed by atoms with E-state index in [1.165, 1.54) is 0 Å². The van der Waals surface area contributed by atoms with Crippen LogP contribution in [0, 0.1) is 0 Å². The van der Waals surface area contributed by atoms with E-state index < -0.39 is 0 Å². The molecule has 1 unspecified atom stereocenters.